The summed E-state index contributed by atoms with van der Waals surface area (Å²) in [5, 5.41) is 0.497. The molecular weight excluding hydrogens is 304 g/mol. The summed E-state index contributed by atoms with van der Waals surface area (Å²) in [7, 11) is -3.79. The van der Waals surface area contributed by atoms with Crippen LogP contribution in [0, 0.1) is 0 Å². The van der Waals surface area contributed by atoms with Gasteiger partial charge in [-0.15, -0.1) is 0 Å². The van der Waals surface area contributed by atoms with Crippen LogP contribution in [0.2, 0.25) is 5.02 Å². The number of aromatic nitrogens is 1. The minimum Gasteiger partial charge on any atom is -0.356 e. The highest BCUT2D eigenvalue weighted by Crippen LogP contribution is 2.18. The predicted octanol–water partition coefficient (Wildman–Crippen LogP) is 1.07. The number of amides is 1. The van der Waals surface area contributed by atoms with E-state index in [0.29, 0.717) is 10.7 Å². The highest BCUT2D eigenvalue weighted by Gasteiger charge is 2.18. The lowest BCUT2D eigenvalue weighted by atomic mass is 10.3. The second-order valence-electron chi connectivity index (χ2n) is 3.83. The number of carbonyl (C=O) groups excluding carboxylic acids is 1. The molecule has 5 N–H and O–H groups in total. The third kappa shape index (κ3) is 3.10. The van der Waals surface area contributed by atoms with Crippen LogP contribution in [0.3, 0.4) is 0 Å². The molecular formula is C11H11ClN4O3S. The van der Waals surface area contributed by atoms with Gasteiger partial charge in [-0.25, -0.2) is 14.3 Å². The second-order valence-corrected chi connectivity index (χ2v) is 5.95. The number of carbonyl (C=O) groups is 1. The first-order valence-corrected chi connectivity index (χ1v) is 7.26. The molecule has 0 aliphatic heterocycles. The summed E-state index contributed by atoms with van der Waals surface area (Å²) in [6, 6.07) is 7.36. The molecule has 0 unspecified atom stereocenters. The maximum atomic E-state index is 12.1. The number of rotatable bonds is 4. The van der Waals surface area contributed by atoms with Crippen LogP contribution in [0.4, 0.5) is 5.69 Å². The lowest BCUT2D eigenvalue weighted by molar-refractivity contribution is 0.0949. The first kappa shape index (κ1) is 14.4. The standard InChI is InChI=1S/C11H11ClN4O3S/c12-7-1-3-8(4-2-7)16-20(18,19)9-5-10(14-6-9)11(17)15-13/h1-6,14,16H,13H2,(H,15,17). The highest BCUT2D eigenvalue weighted by atomic mass is 35.5. The third-order valence-corrected chi connectivity index (χ3v) is 4.05. The van der Waals surface area contributed by atoms with E-state index in [1.165, 1.54) is 24.4 Å². The van der Waals surface area contributed by atoms with E-state index in [1.54, 1.807) is 12.1 Å². The number of benzene rings is 1. The molecule has 0 fully saturated rings. The van der Waals surface area contributed by atoms with Crippen molar-refractivity contribution in [1.82, 2.24) is 10.4 Å². The van der Waals surface area contributed by atoms with Gasteiger partial charge in [0.1, 0.15) is 10.6 Å². The number of hydrazine groups is 1. The molecule has 1 amide bonds. The summed E-state index contributed by atoms with van der Waals surface area (Å²) < 4.78 is 26.5. The van der Waals surface area contributed by atoms with Gasteiger partial charge in [0.25, 0.3) is 15.9 Å². The molecule has 1 heterocycles. The smallest absolute Gasteiger partial charge is 0.281 e. The summed E-state index contributed by atoms with van der Waals surface area (Å²) in [5.74, 6) is 4.35. The number of anilines is 1. The summed E-state index contributed by atoms with van der Waals surface area (Å²) in [6.07, 6.45) is 1.20. The van der Waals surface area contributed by atoms with Crippen LogP contribution in [0.25, 0.3) is 0 Å². The van der Waals surface area contributed by atoms with Crippen molar-refractivity contribution in [3.05, 3.63) is 47.2 Å². The number of nitrogen functional groups attached to an aromatic ring is 1. The molecule has 0 aliphatic rings. The van der Waals surface area contributed by atoms with E-state index in [1.807, 2.05) is 5.43 Å². The predicted molar refractivity (Wildman–Crippen MR) is 74.7 cm³/mol. The summed E-state index contributed by atoms with van der Waals surface area (Å²) in [5.41, 5.74) is 2.31. The SMILES string of the molecule is NNC(=O)c1cc(S(=O)(=O)Nc2ccc(Cl)cc2)c[nH]1. The highest BCUT2D eigenvalue weighted by molar-refractivity contribution is 7.92. The normalized spacial score (nSPS) is 11.1. The van der Waals surface area contributed by atoms with Crippen LogP contribution >= 0.6 is 11.6 Å². The fraction of sp³-hybridized carbons (Fsp3) is 0. The Hall–Kier alpha value is -2.03. The molecule has 9 heteroatoms. The molecule has 2 rings (SSSR count). The minimum atomic E-state index is -3.79. The van der Waals surface area contributed by atoms with Crippen molar-refractivity contribution >= 4 is 33.2 Å². The van der Waals surface area contributed by atoms with E-state index in [4.69, 9.17) is 17.4 Å². The zero-order chi connectivity index (χ0) is 14.8. The molecule has 0 bridgehead atoms. The van der Waals surface area contributed by atoms with Gasteiger partial charge in [0.2, 0.25) is 0 Å². The molecule has 1 aromatic heterocycles. The number of sulfonamides is 1. The van der Waals surface area contributed by atoms with Crippen molar-refractivity contribution in [1.29, 1.82) is 0 Å². The quantitative estimate of drug-likeness (QED) is 0.383. The molecule has 1 aromatic carbocycles. The number of H-pyrrole nitrogens is 1. The van der Waals surface area contributed by atoms with E-state index < -0.39 is 15.9 Å². The van der Waals surface area contributed by atoms with Gasteiger partial charge in [-0.2, -0.15) is 0 Å². The average molecular weight is 315 g/mol. The number of nitrogens with two attached hydrogens (primary N) is 1. The Morgan fingerprint density at radius 3 is 2.50 bits per heavy atom. The van der Waals surface area contributed by atoms with Crippen LogP contribution in [-0.4, -0.2) is 19.3 Å². The number of aromatic amines is 1. The summed E-state index contributed by atoms with van der Waals surface area (Å²) in [4.78, 5) is 13.7. The molecule has 0 spiro atoms. The summed E-state index contributed by atoms with van der Waals surface area (Å²) in [6.45, 7) is 0. The van der Waals surface area contributed by atoms with Crippen molar-refractivity contribution in [2.75, 3.05) is 4.72 Å². The Labute approximate surface area is 120 Å². The van der Waals surface area contributed by atoms with Gasteiger partial charge in [0.05, 0.1) is 0 Å². The van der Waals surface area contributed by atoms with Crippen LogP contribution in [0.5, 0.6) is 0 Å². The van der Waals surface area contributed by atoms with Crippen LogP contribution in [0.15, 0.2) is 41.4 Å². The largest absolute Gasteiger partial charge is 0.356 e. The monoisotopic (exact) mass is 314 g/mol. The third-order valence-electron chi connectivity index (χ3n) is 2.44. The van der Waals surface area contributed by atoms with Crippen molar-refractivity contribution in [2.24, 2.45) is 5.84 Å². The van der Waals surface area contributed by atoms with E-state index in [-0.39, 0.29) is 10.6 Å². The van der Waals surface area contributed by atoms with Gasteiger partial charge in [-0.3, -0.25) is 14.9 Å². The van der Waals surface area contributed by atoms with Gasteiger partial charge in [-0.05, 0) is 30.3 Å². The van der Waals surface area contributed by atoms with Gasteiger partial charge in [-0.1, -0.05) is 11.6 Å². The second kappa shape index (κ2) is 5.53. The van der Waals surface area contributed by atoms with Gasteiger partial charge in [0, 0.05) is 16.9 Å². The van der Waals surface area contributed by atoms with Gasteiger partial charge >= 0.3 is 0 Å². The number of hydrogen-bond acceptors (Lipinski definition) is 4. The molecule has 0 radical (unpaired) electrons. The van der Waals surface area contributed by atoms with E-state index in [2.05, 4.69) is 9.71 Å². The van der Waals surface area contributed by atoms with Crippen molar-refractivity contribution in [3.63, 3.8) is 0 Å². The van der Waals surface area contributed by atoms with E-state index in [9.17, 15) is 13.2 Å². The molecule has 2 aromatic rings. The Bertz CT molecular complexity index is 724. The molecule has 20 heavy (non-hydrogen) atoms. The van der Waals surface area contributed by atoms with Gasteiger partial charge in [0.15, 0.2) is 0 Å². The number of hydrogen-bond donors (Lipinski definition) is 4. The fourth-order valence-electron chi connectivity index (χ4n) is 1.47. The van der Waals surface area contributed by atoms with E-state index in [0.717, 1.165) is 0 Å². The maximum Gasteiger partial charge on any atom is 0.281 e. The van der Waals surface area contributed by atoms with Crippen molar-refractivity contribution in [3.8, 4) is 0 Å². The number of nitrogens with one attached hydrogen (secondary N) is 3. The first-order valence-electron chi connectivity index (χ1n) is 5.40. The Morgan fingerprint density at radius 1 is 1.25 bits per heavy atom. The first-order chi connectivity index (χ1) is 9.42. The van der Waals surface area contributed by atoms with Crippen molar-refractivity contribution < 1.29 is 13.2 Å². The molecule has 0 saturated carbocycles. The summed E-state index contributed by atoms with van der Waals surface area (Å²) >= 11 is 5.72. The molecule has 0 saturated heterocycles. The molecule has 7 nitrogen and oxygen atoms in total. The van der Waals surface area contributed by atoms with Crippen molar-refractivity contribution in [2.45, 2.75) is 4.90 Å². The zero-order valence-corrected chi connectivity index (χ0v) is 11.6. The van der Waals surface area contributed by atoms with Crippen LogP contribution in [-0.2, 0) is 10.0 Å². The van der Waals surface area contributed by atoms with Crippen LogP contribution < -0.4 is 16.0 Å². The minimum absolute atomic E-state index is 0.0454. The molecule has 0 aliphatic carbocycles. The molecule has 0 atom stereocenters. The Morgan fingerprint density at radius 2 is 1.90 bits per heavy atom. The lowest BCUT2D eigenvalue weighted by Gasteiger charge is -2.06. The zero-order valence-electron chi connectivity index (χ0n) is 10.1. The fourth-order valence-corrected chi connectivity index (χ4v) is 2.65. The van der Waals surface area contributed by atoms with Crippen LogP contribution in [0.1, 0.15) is 10.5 Å². The average Bonchev–Trinajstić information content (AvgIpc) is 2.91. The number of halogens is 1. The Kier molecular flexibility index (Phi) is 3.98. The maximum absolute atomic E-state index is 12.1. The van der Waals surface area contributed by atoms with E-state index >= 15 is 0 Å². The lowest BCUT2D eigenvalue weighted by Crippen LogP contribution is -2.30. The van der Waals surface area contributed by atoms with Gasteiger partial charge < -0.3 is 4.98 Å². The Balaban J connectivity index is 2.24. The molecule has 106 valence electrons. The topological polar surface area (TPSA) is 117 Å².